The van der Waals surface area contributed by atoms with Crippen molar-refractivity contribution < 1.29 is 27.8 Å². The molecule has 1 aliphatic heterocycles. The van der Waals surface area contributed by atoms with Gasteiger partial charge in [0.25, 0.3) is 0 Å². The van der Waals surface area contributed by atoms with Gasteiger partial charge in [-0.25, -0.2) is 13.6 Å². The number of Topliss-reactive ketones (excluding diaryl/α,β-unsaturated/α-hetero) is 1. The Morgan fingerprint density at radius 1 is 0.931 bits per heavy atom. The number of hydrogen-bond acceptors (Lipinski definition) is 4. The van der Waals surface area contributed by atoms with Gasteiger partial charge in [0, 0.05) is 5.56 Å². The number of allylic oxidation sites excluding steroid dienone is 1. The van der Waals surface area contributed by atoms with Crippen LogP contribution in [-0.2, 0) is 0 Å². The molecule has 4 nitrogen and oxygen atoms in total. The van der Waals surface area contributed by atoms with Crippen molar-refractivity contribution in [3.63, 3.8) is 0 Å². The second kappa shape index (κ2) is 7.31. The average molecular weight is 392 g/mol. The van der Waals surface area contributed by atoms with E-state index in [1.165, 1.54) is 66.7 Å². The van der Waals surface area contributed by atoms with E-state index in [2.05, 4.69) is 0 Å². The lowest BCUT2D eigenvalue weighted by molar-refractivity contribution is 0.0733. The van der Waals surface area contributed by atoms with Crippen LogP contribution < -0.4 is 9.47 Å². The van der Waals surface area contributed by atoms with Gasteiger partial charge in [0.05, 0.1) is 11.1 Å². The molecule has 0 aliphatic carbocycles. The molecule has 0 fully saturated rings. The number of benzene rings is 3. The third-order valence-electron chi connectivity index (χ3n) is 4.49. The Kier molecular flexibility index (Phi) is 4.68. The third kappa shape index (κ3) is 3.65. The highest BCUT2D eigenvalue weighted by Crippen LogP contribution is 2.39. The summed E-state index contributed by atoms with van der Waals surface area (Å²) in [7, 11) is 0. The van der Waals surface area contributed by atoms with Crippen molar-refractivity contribution in [3.8, 4) is 11.5 Å². The molecule has 0 saturated heterocycles. The number of carbonyl (C=O) groups is 2. The molecular formula is C23H14F2O4. The number of esters is 1. The van der Waals surface area contributed by atoms with Gasteiger partial charge in [-0.3, -0.25) is 4.79 Å². The van der Waals surface area contributed by atoms with Gasteiger partial charge in [-0.2, -0.15) is 0 Å². The van der Waals surface area contributed by atoms with Crippen LogP contribution in [0.1, 0.15) is 31.8 Å². The summed E-state index contributed by atoms with van der Waals surface area (Å²) in [4.78, 5) is 24.9. The molecule has 0 unspecified atom stereocenters. The number of carbonyl (C=O) groups excluding carboxylic acids is 2. The third-order valence-corrected chi connectivity index (χ3v) is 4.49. The van der Waals surface area contributed by atoms with Crippen LogP contribution in [0.25, 0.3) is 6.08 Å². The van der Waals surface area contributed by atoms with Crippen LogP contribution in [0.15, 0.2) is 66.4 Å². The second-order valence-corrected chi connectivity index (χ2v) is 6.45. The lowest BCUT2D eigenvalue weighted by Gasteiger charge is -2.10. The highest BCUT2D eigenvalue weighted by molar-refractivity contribution is 6.15. The highest BCUT2D eigenvalue weighted by Gasteiger charge is 2.30. The van der Waals surface area contributed by atoms with Gasteiger partial charge in [0.1, 0.15) is 23.1 Å². The molecule has 6 heteroatoms. The van der Waals surface area contributed by atoms with E-state index in [0.29, 0.717) is 22.4 Å². The zero-order chi connectivity index (χ0) is 20.5. The van der Waals surface area contributed by atoms with E-state index in [0.717, 1.165) is 0 Å². The largest absolute Gasteiger partial charge is 0.452 e. The van der Waals surface area contributed by atoms with E-state index in [4.69, 9.17) is 9.47 Å². The summed E-state index contributed by atoms with van der Waals surface area (Å²) in [5.41, 5.74) is 1.63. The van der Waals surface area contributed by atoms with E-state index < -0.39 is 11.8 Å². The fourth-order valence-electron chi connectivity index (χ4n) is 2.93. The van der Waals surface area contributed by atoms with Gasteiger partial charge in [-0.15, -0.1) is 0 Å². The lowest BCUT2D eigenvalue weighted by Crippen LogP contribution is -2.09. The minimum absolute atomic E-state index is 0.0942. The van der Waals surface area contributed by atoms with Gasteiger partial charge in [-0.1, -0.05) is 12.1 Å². The summed E-state index contributed by atoms with van der Waals surface area (Å²) in [6.45, 7) is 1.67. The van der Waals surface area contributed by atoms with Crippen LogP contribution in [0.5, 0.6) is 11.5 Å². The second-order valence-electron chi connectivity index (χ2n) is 6.45. The van der Waals surface area contributed by atoms with Crippen LogP contribution in [-0.4, -0.2) is 11.8 Å². The van der Waals surface area contributed by atoms with Crippen molar-refractivity contribution in [1.82, 2.24) is 0 Å². The van der Waals surface area contributed by atoms with E-state index in [1.54, 1.807) is 6.92 Å². The number of hydrogen-bond donors (Lipinski definition) is 0. The van der Waals surface area contributed by atoms with Crippen molar-refractivity contribution in [2.75, 3.05) is 0 Å². The standard InChI is InChI=1S/C23H14F2O4/c1-13-19(29-23(27)15-4-8-17(25)9-5-15)11-10-18-21(26)20(28-22(13)18)12-14-2-6-16(24)7-3-14/h2-12H,1H3/b20-12-. The summed E-state index contributed by atoms with van der Waals surface area (Å²) in [6, 6.07) is 13.7. The lowest BCUT2D eigenvalue weighted by atomic mass is 10.1. The van der Waals surface area contributed by atoms with Crippen molar-refractivity contribution >= 4 is 17.8 Å². The molecule has 0 N–H and O–H groups in total. The molecular weight excluding hydrogens is 378 g/mol. The quantitative estimate of drug-likeness (QED) is 0.353. The molecule has 0 saturated carbocycles. The molecule has 1 aliphatic rings. The molecule has 0 amide bonds. The normalized spacial score (nSPS) is 13.9. The zero-order valence-electron chi connectivity index (χ0n) is 15.2. The number of ether oxygens (including phenoxy) is 2. The van der Waals surface area contributed by atoms with Crippen LogP contribution in [0.2, 0.25) is 0 Å². The minimum atomic E-state index is -0.653. The Hall–Kier alpha value is -3.80. The molecule has 3 aromatic rings. The number of fused-ring (bicyclic) bond motifs is 1. The fourth-order valence-corrected chi connectivity index (χ4v) is 2.93. The first kappa shape index (κ1) is 18.6. The molecule has 0 radical (unpaired) electrons. The van der Waals surface area contributed by atoms with Gasteiger partial charge >= 0.3 is 5.97 Å². The summed E-state index contributed by atoms with van der Waals surface area (Å²) in [5.74, 6) is -1.18. The topological polar surface area (TPSA) is 52.6 Å². The van der Waals surface area contributed by atoms with Crippen molar-refractivity contribution in [2.45, 2.75) is 6.92 Å². The minimum Gasteiger partial charge on any atom is -0.452 e. The van der Waals surface area contributed by atoms with Crippen LogP contribution in [0, 0.1) is 18.6 Å². The number of rotatable bonds is 3. The summed E-state index contributed by atoms with van der Waals surface area (Å²) >= 11 is 0. The van der Waals surface area contributed by atoms with Crippen molar-refractivity contribution in [1.29, 1.82) is 0 Å². The number of halogens is 2. The highest BCUT2D eigenvalue weighted by atomic mass is 19.1. The Labute approximate surface area is 165 Å². The monoisotopic (exact) mass is 392 g/mol. The Balaban J connectivity index is 1.60. The van der Waals surface area contributed by atoms with Gasteiger partial charge < -0.3 is 9.47 Å². The van der Waals surface area contributed by atoms with Gasteiger partial charge in [0.2, 0.25) is 5.78 Å². The Bertz CT molecular complexity index is 1150. The molecule has 4 rings (SSSR count). The SMILES string of the molecule is Cc1c(OC(=O)c2ccc(F)cc2)ccc2c1O/C(=C\c1ccc(F)cc1)C2=O. The predicted molar refractivity (Wildman–Crippen MR) is 102 cm³/mol. The smallest absolute Gasteiger partial charge is 0.343 e. The molecule has 0 atom stereocenters. The number of ketones is 1. The molecule has 3 aromatic carbocycles. The van der Waals surface area contributed by atoms with Gasteiger partial charge in [0.15, 0.2) is 5.76 Å². The predicted octanol–water partition coefficient (Wildman–Crippen LogP) is 5.11. The van der Waals surface area contributed by atoms with Crippen LogP contribution >= 0.6 is 0 Å². The molecule has 144 valence electrons. The van der Waals surface area contributed by atoms with E-state index in [9.17, 15) is 18.4 Å². The fraction of sp³-hybridized carbons (Fsp3) is 0.0435. The summed E-state index contributed by atoms with van der Waals surface area (Å²) in [6.07, 6.45) is 1.52. The molecule has 0 bridgehead atoms. The summed E-state index contributed by atoms with van der Waals surface area (Å²) < 4.78 is 37.2. The molecule has 0 spiro atoms. The van der Waals surface area contributed by atoms with Crippen LogP contribution in [0.3, 0.4) is 0 Å². The Morgan fingerprint density at radius 2 is 1.55 bits per heavy atom. The first-order chi connectivity index (χ1) is 13.9. The maximum absolute atomic E-state index is 13.1. The maximum atomic E-state index is 13.1. The zero-order valence-corrected chi connectivity index (χ0v) is 15.2. The van der Waals surface area contributed by atoms with Crippen molar-refractivity contribution in [2.24, 2.45) is 0 Å². The van der Waals surface area contributed by atoms with E-state index in [1.807, 2.05) is 0 Å². The molecule has 1 heterocycles. The van der Waals surface area contributed by atoms with E-state index in [-0.39, 0.29) is 28.7 Å². The van der Waals surface area contributed by atoms with Crippen molar-refractivity contribution in [3.05, 3.63) is 100 Å². The summed E-state index contributed by atoms with van der Waals surface area (Å²) in [5, 5.41) is 0. The first-order valence-corrected chi connectivity index (χ1v) is 8.73. The molecule has 0 aromatic heterocycles. The Morgan fingerprint density at radius 3 is 2.21 bits per heavy atom. The van der Waals surface area contributed by atoms with E-state index >= 15 is 0 Å². The molecule has 29 heavy (non-hydrogen) atoms. The first-order valence-electron chi connectivity index (χ1n) is 8.73. The van der Waals surface area contributed by atoms with Gasteiger partial charge in [-0.05, 0) is 67.1 Å². The van der Waals surface area contributed by atoms with Crippen LogP contribution in [0.4, 0.5) is 8.78 Å². The average Bonchev–Trinajstić information content (AvgIpc) is 3.03. The maximum Gasteiger partial charge on any atom is 0.343 e.